The summed E-state index contributed by atoms with van der Waals surface area (Å²) in [4.78, 5) is 16.9. The van der Waals surface area contributed by atoms with Crippen molar-refractivity contribution in [1.82, 2.24) is 10.2 Å². The van der Waals surface area contributed by atoms with Gasteiger partial charge in [0, 0.05) is 44.5 Å². The van der Waals surface area contributed by atoms with E-state index in [1.54, 1.807) is 12.1 Å². The number of anilines is 1. The van der Waals surface area contributed by atoms with Crippen LogP contribution >= 0.6 is 0 Å². The molecule has 0 atom stereocenters. The van der Waals surface area contributed by atoms with Crippen molar-refractivity contribution in [2.24, 2.45) is 4.99 Å². The first-order chi connectivity index (χ1) is 11.6. The predicted octanol–water partition coefficient (Wildman–Crippen LogP) is 2.87. The average Bonchev–Trinajstić information content (AvgIpc) is 2.58. The molecule has 0 aliphatic rings. The van der Waals surface area contributed by atoms with E-state index in [9.17, 15) is 10.1 Å². The number of aliphatic imine (C=N–C) groups is 1. The van der Waals surface area contributed by atoms with Crippen LogP contribution in [0.25, 0.3) is 0 Å². The molecule has 0 unspecified atom stereocenters. The summed E-state index contributed by atoms with van der Waals surface area (Å²) in [5.41, 5.74) is 0.939. The maximum absolute atomic E-state index is 10.6. The van der Waals surface area contributed by atoms with Crippen LogP contribution < -0.4 is 10.6 Å². The summed E-state index contributed by atoms with van der Waals surface area (Å²) in [5.74, 6) is 0.882. The van der Waals surface area contributed by atoms with Crippen molar-refractivity contribution < 1.29 is 4.92 Å². The van der Waals surface area contributed by atoms with Crippen molar-refractivity contribution in [3.63, 3.8) is 0 Å². The molecule has 1 aromatic carbocycles. The molecule has 0 aliphatic carbocycles. The van der Waals surface area contributed by atoms with Gasteiger partial charge in [-0.1, -0.05) is 6.08 Å². The van der Waals surface area contributed by atoms with Gasteiger partial charge in [-0.25, -0.2) is 0 Å². The highest BCUT2D eigenvalue weighted by Crippen LogP contribution is 2.14. The summed E-state index contributed by atoms with van der Waals surface area (Å²) in [6, 6.07) is 6.38. The second kappa shape index (κ2) is 11.0. The third-order valence-electron chi connectivity index (χ3n) is 3.38. The lowest BCUT2D eigenvalue weighted by atomic mass is 10.3. The molecule has 0 aromatic heterocycles. The number of benzene rings is 1. The fourth-order valence-electron chi connectivity index (χ4n) is 2.11. The van der Waals surface area contributed by atoms with E-state index in [2.05, 4.69) is 27.1 Å². The number of allylic oxidation sites excluding steroid dienone is 1. The molecule has 0 heterocycles. The number of non-ortho nitro benzene ring substituents is 1. The molecule has 7 nitrogen and oxygen atoms in total. The minimum atomic E-state index is -0.404. The Morgan fingerprint density at radius 2 is 2.12 bits per heavy atom. The van der Waals surface area contributed by atoms with Crippen molar-refractivity contribution in [1.29, 1.82) is 0 Å². The number of hydrogen-bond acceptors (Lipinski definition) is 4. The summed E-state index contributed by atoms with van der Waals surface area (Å²) in [6.07, 6.45) is 3.96. The molecule has 0 bridgehead atoms. The van der Waals surface area contributed by atoms with Crippen molar-refractivity contribution in [3.8, 4) is 0 Å². The Hall–Kier alpha value is -2.57. The number of nitro groups is 1. The van der Waals surface area contributed by atoms with Gasteiger partial charge >= 0.3 is 0 Å². The molecular formula is C17H27N5O2. The zero-order valence-corrected chi connectivity index (χ0v) is 14.5. The molecule has 1 rings (SSSR count). The minimum Gasteiger partial charge on any atom is -0.383 e. The highest BCUT2D eigenvalue weighted by Gasteiger charge is 2.05. The minimum absolute atomic E-state index is 0.0918. The molecular weight excluding hydrogens is 306 g/mol. The lowest BCUT2D eigenvalue weighted by Crippen LogP contribution is -2.39. The van der Waals surface area contributed by atoms with E-state index in [1.165, 1.54) is 12.1 Å². The van der Waals surface area contributed by atoms with E-state index < -0.39 is 4.92 Å². The SMILES string of the molecule is C=CCCCN(C)C(=NCCNc1ccc([N+](=O)[O-])cc1)NCC. The molecule has 0 saturated carbocycles. The van der Waals surface area contributed by atoms with Gasteiger partial charge in [-0.2, -0.15) is 0 Å². The average molecular weight is 333 g/mol. The van der Waals surface area contributed by atoms with E-state index in [1.807, 2.05) is 20.0 Å². The fraction of sp³-hybridized carbons (Fsp3) is 0.471. The van der Waals surface area contributed by atoms with Crippen LogP contribution in [0.4, 0.5) is 11.4 Å². The van der Waals surface area contributed by atoms with Gasteiger partial charge in [-0.05, 0) is 31.9 Å². The van der Waals surface area contributed by atoms with Gasteiger partial charge in [0.05, 0.1) is 11.5 Å². The van der Waals surface area contributed by atoms with Crippen molar-refractivity contribution >= 4 is 17.3 Å². The molecule has 1 aromatic rings. The summed E-state index contributed by atoms with van der Waals surface area (Å²) in [5, 5.41) is 17.1. The summed E-state index contributed by atoms with van der Waals surface area (Å²) >= 11 is 0. The van der Waals surface area contributed by atoms with Crippen molar-refractivity contribution in [2.45, 2.75) is 19.8 Å². The number of hydrogen-bond donors (Lipinski definition) is 2. The molecule has 0 amide bonds. The van der Waals surface area contributed by atoms with Crippen LogP contribution in [0.3, 0.4) is 0 Å². The van der Waals surface area contributed by atoms with Crippen LogP contribution in [0.5, 0.6) is 0 Å². The van der Waals surface area contributed by atoms with Crippen molar-refractivity contribution in [3.05, 3.63) is 47.0 Å². The number of guanidine groups is 1. The number of rotatable bonds is 10. The van der Waals surface area contributed by atoms with Crippen LogP contribution in [-0.4, -0.2) is 49.0 Å². The molecule has 0 spiro atoms. The van der Waals surface area contributed by atoms with Gasteiger partial charge in [-0.3, -0.25) is 15.1 Å². The Morgan fingerprint density at radius 3 is 2.71 bits per heavy atom. The Balaban J connectivity index is 2.45. The molecule has 0 saturated heterocycles. The van der Waals surface area contributed by atoms with Gasteiger partial charge in [0.1, 0.15) is 0 Å². The zero-order chi connectivity index (χ0) is 17.8. The molecule has 7 heteroatoms. The molecule has 132 valence electrons. The molecule has 24 heavy (non-hydrogen) atoms. The third kappa shape index (κ3) is 7.13. The predicted molar refractivity (Wildman–Crippen MR) is 99.6 cm³/mol. The van der Waals surface area contributed by atoms with E-state index >= 15 is 0 Å². The number of nitro benzene ring substituents is 1. The fourth-order valence-corrected chi connectivity index (χ4v) is 2.11. The highest BCUT2D eigenvalue weighted by atomic mass is 16.6. The van der Waals surface area contributed by atoms with Crippen LogP contribution in [0.2, 0.25) is 0 Å². The Bertz CT molecular complexity index is 542. The van der Waals surface area contributed by atoms with E-state index in [0.717, 1.165) is 37.6 Å². The maximum Gasteiger partial charge on any atom is 0.269 e. The largest absolute Gasteiger partial charge is 0.383 e. The Kier molecular flexibility index (Phi) is 8.96. The Morgan fingerprint density at radius 1 is 1.42 bits per heavy atom. The smallest absolute Gasteiger partial charge is 0.269 e. The van der Waals surface area contributed by atoms with Crippen LogP contribution in [0.1, 0.15) is 19.8 Å². The highest BCUT2D eigenvalue weighted by molar-refractivity contribution is 5.79. The van der Waals surface area contributed by atoms with E-state index in [0.29, 0.717) is 13.1 Å². The van der Waals surface area contributed by atoms with Gasteiger partial charge in [-0.15, -0.1) is 6.58 Å². The van der Waals surface area contributed by atoms with Crippen LogP contribution in [0, 0.1) is 10.1 Å². The first-order valence-corrected chi connectivity index (χ1v) is 8.17. The first-order valence-electron chi connectivity index (χ1n) is 8.17. The molecule has 0 aliphatic heterocycles. The molecule has 2 N–H and O–H groups in total. The second-order valence-corrected chi connectivity index (χ2v) is 5.32. The molecule has 0 radical (unpaired) electrons. The maximum atomic E-state index is 10.6. The standard InChI is InChI=1S/C17H27N5O2/c1-4-6-7-14-21(3)17(18-5-2)20-13-12-19-15-8-10-16(11-9-15)22(23)24/h4,8-11,19H,1,5-7,12-14H2,2-3H3,(H,18,20). The van der Waals surface area contributed by atoms with Gasteiger partial charge in [0.15, 0.2) is 5.96 Å². The Labute approximate surface area is 143 Å². The summed E-state index contributed by atoms with van der Waals surface area (Å²) < 4.78 is 0. The van der Waals surface area contributed by atoms with Gasteiger partial charge in [0.2, 0.25) is 0 Å². The number of nitrogens with zero attached hydrogens (tertiary/aromatic N) is 3. The van der Waals surface area contributed by atoms with Crippen LogP contribution in [0.15, 0.2) is 41.9 Å². The lowest BCUT2D eigenvalue weighted by molar-refractivity contribution is -0.384. The lowest BCUT2D eigenvalue weighted by Gasteiger charge is -2.21. The second-order valence-electron chi connectivity index (χ2n) is 5.32. The van der Waals surface area contributed by atoms with Gasteiger partial charge in [0.25, 0.3) is 5.69 Å². The van der Waals surface area contributed by atoms with E-state index in [-0.39, 0.29) is 5.69 Å². The van der Waals surface area contributed by atoms with Gasteiger partial charge < -0.3 is 15.5 Å². The zero-order valence-electron chi connectivity index (χ0n) is 14.5. The summed E-state index contributed by atoms with van der Waals surface area (Å²) in [6.45, 7) is 8.80. The van der Waals surface area contributed by atoms with Crippen LogP contribution in [-0.2, 0) is 0 Å². The summed E-state index contributed by atoms with van der Waals surface area (Å²) in [7, 11) is 2.02. The van der Waals surface area contributed by atoms with E-state index in [4.69, 9.17) is 0 Å². The number of unbranched alkanes of at least 4 members (excludes halogenated alkanes) is 1. The van der Waals surface area contributed by atoms with Crippen molar-refractivity contribution in [2.75, 3.05) is 38.5 Å². The number of nitrogens with one attached hydrogen (secondary N) is 2. The normalized spacial score (nSPS) is 11.0. The topological polar surface area (TPSA) is 82.8 Å². The third-order valence-corrected chi connectivity index (χ3v) is 3.38. The monoisotopic (exact) mass is 333 g/mol. The first kappa shape index (κ1) is 19.5. The quantitative estimate of drug-likeness (QED) is 0.172. The molecule has 0 fully saturated rings.